The van der Waals surface area contributed by atoms with Crippen LogP contribution in [-0.2, 0) is 4.79 Å². The minimum atomic E-state index is -0.826. The van der Waals surface area contributed by atoms with E-state index in [1.54, 1.807) is 6.07 Å². The fraction of sp³-hybridized carbons (Fsp3) is 0.429. The third-order valence-electron chi connectivity index (χ3n) is 2.78. The minimum absolute atomic E-state index is 0.0270. The van der Waals surface area contributed by atoms with E-state index in [9.17, 15) is 14.0 Å². The maximum absolute atomic E-state index is 13.8. The molecule has 0 saturated heterocycles. The summed E-state index contributed by atoms with van der Waals surface area (Å²) in [5.74, 6) is -1.98. The Hall–Kier alpha value is -2.11. The van der Waals surface area contributed by atoms with Crippen molar-refractivity contribution < 1.29 is 23.8 Å². The largest absolute Gasteiger partial charge is 0.494 e. The molecule has 0 radical (unpaired) electrons. The van der Waals surface area contributed by atoms with E-state index in [0.717, 1.165) is 0 Å². The molecule has 20 heavy (non-hydrogen) atoms. The number of ether oxygens (including phenoxy) is 1. The van der Waals surface area contributed by atoms with Crippen molar-refractivity contribution >= 4 is 11.9 Å². The lowest BCUT2D eigenvalue weighted by molar-refractivity contribution is -0.137. The van der Waals surface area contributed by atoms with E-state index in [0.29, 0.717) is 25.8 Å². The van der Waals surface area contributed by atoms with Gasteiger partial charge in [-0.3, -0.25) is 9.59 Å². The molecule has 0 atom stereocenters. The molecule has 0 fully saturated rings. The van der Waals surface area contributed by atoms with Crippen LogP contribution in [0.1, 0.15) is 36.0 Å². The molecule has 2 N–H and O–H groups in total. The molecule has 1 aromatic rings. The number of carbonyl (C=O) groups is 2. The van der Waals surface area contributed by atoms with Crippen LogP contribution < -0.4 is 10.1 Å². The smallest absolute Gasteiger partial charge is 0.303 e. The molecule has 0 aliphatic heterocycles. The summed E-state index contributed by atoms with van der Waals surface area (Å²) in [4.78, 5) is 22.1. The van der Waals surface area contributed by atoms with Gasteiger partial charge in [-0.1, -0.05) is 12.5 Å². The Bertz CT molecular complexity index is 476. The zero-order chi connectivity index (χ0) is 15.0. The molecule has 0 bridgehead atoms. The van der Waals surface area contributed by atoms with Gasteiger partial charge in [0.2, 0.25) is 0 Å². The predicted molar refractivity (Wildman–Crippen MR) is 71.4 cm³/mol. The van der Waals surface area contributed by atoms with E-state index in [1.807, 2.05) is 0 Å². The predicted octanol–water partition coefficient (Wildman–Crippen LogP) is 2.21. The summed E-state index contributed by atoms with van der Waals surface area (Å²) in [7, 11) is 1.34. The summed E-state index contributed by atoms with van der Waals surface area (Å²) in [6.07, 6.45) is 2.05. The normalized spacial score (nSPS) is 10.1. The number of carboxylic acids is 1. The van der Waals surface area contributed by atoms with E-state index < -0.39 is 17.7 Å². The molecule has 0 heterocycles. The molecule has 0 aliphatic carbocycles. The number of aliphatic carboxylic acids is 1. The van der Waals surface area contributed by atoms with Crippen LogP contribution in [0.2, 0.25) is 0 Å². The summed E-state index contributed by atoms with van der Waals surface area (Å²) in [6, 6.07) is 4.37. The van der Waals surface area contributed by atoms with Crippen molar-refractivity contribution in [1.29, 1.82) is 0 Å². The van der Waals surface area contributed by atoms with E-state index in [1.165, 1.54) is 19.2 Å². The second-order valence-corrected chi connectivity index (χ2v) is 4.28. The van der Waals surface area contributed by atoms with Gasteiger partial charge in [0, 0.05) is 13.0 Å². The highest BCUT2D eigenvalue weighted by molar-refractivity contribution is 5.94. The van der Waals surface area contributed by atoms with Crippen molar-refractivity contribution in [2.45, 2.75) is 25.7 Å². The topological polar surface area (TPSA) is 75.6 Å². The van der Waals surface area contributed by atoms with Gasteiger partial charge in [-0.25, -0.2) is 4.39 Å². The third kappa shape index (κ3) is 4.87. The van der Waals surface area contributed by atoms with Crippen LogP contribution in [0.3, 0.4) is 0 Å². The van der Waals surface area contributed by atoms with E-state index >= 15 is 0 Å². The van der Waals surface area contributed by atoms with Crippen molar-refractivity contribution in [3.8, 4) is 5.75 Å². The second-order valence-electron chi connectivity index (χ2n) is 4.28. The van der Waals surface area contributed by atoms with Gasteiger partial charge in [0.05, 0.1) is 12.7 Å². The van der Waals surface area contributed by atoms with Crippen LogP contribution in [0.4, 0.5) is 4.39 Å². The van der Waals surface area contributed by atoms with Crippen LogP contribution in [0.5, 0.6) is 5.75 Å². The quantitative estimate of drug-likeness (QED) is 0.717. The molecule has 0 spiro atoms. The van der Waals surface area contributed by atoms with Gasteiger partial charge in [-0.05, 0) is 25.0 Å². The van der Waals surface area contributed by atoms with Gasteiger partial charge >= 0.3 is 5.97 Å². The number of hydrogen-bond donors (Lipinski definition) is 2. The van der Waals surface area contributed by atoms with Crippen molar-refractivity contribution in [3.05, 3.63) is 29.6 Å². The van der Waals surface area contributed by atoms with Gasteiger partial charge in [-0.15, -0.1) is 0 Å². The molecule has 0 aromatic heterocycles. The Morgan fingerprint density at radius 1 is 1.30 bits per heavy atom. The van der Waals surface area contributed by atoms with Crippen molar-refractivity contribution in [2.24, 2.45) is 0 Å². The number of methoxy groups -OCH3 is 1. The SMILES string of the molecule is COc1cccc(C(=O)NCCCCCC(=O)O)c1F. The summed E-state index contributed by atoms with van der Waals surface area (Å²) in [5, 5.41) is 11.1. The van der Waals surface area contributed by atoms with Crippen molar-refractivity contribution in [3.63, 3.8) is 0 Å². The summed E-state index contributed by atoms with van der Waals surface area (Å²) in [5.41, 5.74) is -0.0603. The minimum Gasteiger partial charge on any atom is -0.494 e. The molecule has 0 aliphatic rings. The number of carbonyl (C=O) groups excluding carboxylic acids is 1. The first kappa shape index (κ1) is 15.9. The summed E-state index contributed by atoms with van der Waals surface area (Å²) >= 11 is 0. The highest BCUT2D eigenvalue weighted by Crippen LogP contribution is 2.19. The molecule has 0 saturated carbocycles. The standard InChI is InChI=1S/C14H18FNO4/c1-20-11-7-5-6-10(13(11)15)14(19)16-9-4-2-3-8-12(17)18/h5-7H,2-4,8-9H2,1H3,(H,16,19)(H,17,18). The first-order valence-electron chi connectivity index (χ1n) is 6.38. The highest BCUT2D eigenvalue weighted by Gasteiger charge is 2.14. The third-order valence-corrected chi connectivity index (χ3v) is 2.78. The zero-order valence-electron chi connectivity index (χ0n) is 11.3. The van der Waals surface area contributed by atoms with Crippen LogP contribution in [0.25, 0.3) is 0 Å². The highest BCUT2D eigenvalue weighted by atomic mass is 19.1. The number of nitrogens with one attached hydrogen (secondary N) is 1. The summed E-state index contributed by atoms with van der Waals surface area (Å²) in [6.45, 7) is 0.384. The zero-order valence-corrected chi connectivity index (χ0v) is 11.3. The monoisotopic (exact) mass is 283 g/mol. The summed E-state index contributed by atoms with van der Waals surface area (Å²) < 4.78 is 18.6. The second kappa shape index (κ2) is 8.14. The lowest BCUT2D eigenvalue weighted by Crippen LogP contribution is -2.25. The molecular formula is C14H18FNO4. The van der Waals surface area contributed by atoms with Gasteiger partial charge in [0.15, 0.2) is 11.6 Å². The molecule has 1 aromatic carbocycles. The molecule has 5 nitrogen and oxygen atoms in total. The lowest BCUT2D eigenvalue weighted by atomic mass is 10.1. The molecular weight excluding hydrogens is 265 g/mol. The van der Waals surface area contributed by atoms with Gasteiger partial charge in [-0.2, -0.15) is 0 Å². The maximum atomic E-state index is 13.8. The van der Waals surface area contributed by atoms with Crippen LogP contribution in [0, 0.1) is 5.82 Å². The van der Waals surface area contributed by atoms with Gasteiger partial charge in [0.1, 0.15) is 0 Å². The van der Waals surface area contributed by atoms with Crippen LogP contribution in [-0.4, -0.2) is 30.6 Å². The molecule has 6 heteroatoms. The maximum Gasteiger partial charge on any atom is 0.303 e. The number of rotatable bonds is 8. The number of unbranched alkanes of at least 4 members (excludes halogenated alkanes) is 2. The first-order valence-corrected chi connectivity index (χ1v) is 6.38. The van der Waals surface area contributed by atoms with Gasteiger partial charge < -0.3 is 15.2 Å². The Morgan fingerprint density at radius 3 is 2.70 bits per heavy atom. The first-order chi connectivity index (χ1) is 9.56. The number of halogens is 1. The Labute approximate surface area is 116 Å². The fourth-order valence-corrected chi connectivity index (χ4v) is 1.72. The van der Waals surface area contributed by atoms with Crippen LogP contribution in [0.15, 0.2) is 18.2 Å². The average molecular weight is 283 g/mol. The van der Waals surface area contributed by atoms with Crippen LogP contribution >= 0.6 is 0 Å². The fourth-order valence-electron chi connectivity index (χ4n) is 1.72. The average Bonchev–Trinajstić information content (AvgIpc) is 2.42. The molecule has 110 valence electrons. The Balaban J connectivity index is 2.38. The van der Waals surface area contributed by atoms with Crippen molar-refractivity contribution in [1.82, 2.24) is 5.32 Å². The van der Waals surface area contributed by atoms with Gasteiger partial charge in [0.25, 0.3) is 5.91 Å². The van der Waals surface area contributed by atoms with E-state index in [-0.39, 0.29) is 17.7 Å². The lowest BCUT2D eigenvalue weighted by Gasteiger charge is -2.08. The number of hydrogen-bond acceptors (Lipinski definition) is 3. The molecule has 0 unspecified atom stereocenters. The Morgan fingerprint density at radius 2 is 2.05 bits per heavy atom. The number of carboxylic acid groups (broad SMARTS) is 1. The van der Waals surface area contributed by atoms with E-state index in [4.69, 9.17) is 9.84 Å². The molecule has 1 rings (SSSR count). The molecule has 1 amide bonds. The number of benzene rings is 1. The van der Waals surface area contributed by atoms with Crippen molar-refractivity contribution in [2.75, 3.05) is 13.7 Å². The number of amides is 1. The van der Waals surface area contributed by atoms with E-state index in [2.05, 4.69) is 5.32 Å². The Kier molecular flexibility index (Phi) is 6.49.